The Kier molecular flexibility index (Phi) is 9.68. The average molecular weight is 494 g/mol. The van der Waals surface area contributed by atoms with Gasteiger partial charge in [-0.3, -0.25) is 9.59 Å². The molecule has 0 aliphatic carbocycles. The molecule has 0 saturated heterocycles. The van der Waals surface area contributed by atoms with Gasteiger partial charge in [0, 0.05) is 11.1 Å². The fourth-order valence-corrected chi connectivity index (χ4v) is 3.42. The predicted octanol–water partition coefficient (Wildman–Crippen LogP) is 5.12. The lowest BCUT2D eigenvalue weighted by atomic mass is 9.98. The van der Waals surface area contributed by atoms with Crippen molar-refractivity contribution < 1.29 is 33.0 Å². The second kappa shape index (κ2) is 13.1. The summed E-state index contributed by atoms with van der Waals surface area (Å²) in [4.78, 5) is 38.4. The van der Waals surface area contributed by atoms with Gasteiger partial charge in [-0.2, -0.15) is 0 Å². The van der Waals surface area contributed by atoms with Crippen LogP contribution >= 0.6 is 0 Å². The summed E-state index contributed by atoms with van der Waals surface area (Å²) in [6, 6.07) is 14.4. The van der Waals surface area contributed by atoms with Gasteiger partial charge in [0.15, 0.2) is 23.9 Å². The SMILES string of the molecule is CCCOc1ccc(C(=O)c2ccccc2C(=O)OCC(=O)NC(C)c2ccco2)cc1OCCC. The zero-order valence-corrected chi connectivity index (χ0v) is 20.7. The molecule has 0 aliphatic rings. The van der Waals surface area contributed by atoms with Gasteiger partial charge >= 0.3 is 5.97 Å². The van der Waals surface area contributed by atoms with Crippen LogP contribution in [-0.2, 0) is 9.53 Å². The Morgan fingerprint density at radius 1 is 0.889 bits per heavy atom. The largest absolute Gasteiger partial charge is 0.490 e. The zero-order chi connectivity index (χ0) is 25.9. The van der Waals surface area contributed by atoms with E-state index in [1.165, 1.54) is 12.3 Å². The van der Waals surface area contributed by atoms with E-state index in [0.717, 1.165) is 12.8 Å². The first-order valence-electron chi connectivity index (χ1n) is 12.0. The van der Waals surface area contributed by atoms with Gasteiger partial charge in [0.2, 0.25) is 0 Å². The number of esters is 1. The Balaban J connectivity index is 1.72. The number of rotatable bonds is 13. The summed E-state index contributed by atoms with van der Waals surface area (Å²) in [5, 5.41) is 2.69. The van der Waals surface area contributed by atoms with Crippen LogP contribution in [0.4, 0.5) is 0 Å². The lowest BCUT2D eigenvalue weighted by molar-refractivity contribution is -0.125. The van der Waals surface area contributed by atoms with Crippen molar-refractivity contribution in [2.75, 3.05) is 19.8 Å². The van der Waals surface area contributed by atoms with E-state index in [1.54, 1.807) is 55.5 Å². The van der Waals surface area contributed by atoms with Gasteiger partial charge in [0.05, 0.1) is 31.1 Å². The van der Waals surface area contributed by atoms with Crippen molar-refractivity contribution in [2.24, 2.45) is 0 Å². The summed E-state index contributed by atoms with van der Waals surface area (Å²) >= 11 is 0. The lowest BCUT2D eigenvalue weighted by Gasteiger charge is -2.14. The number of hydrogen-bond donors (Lipinski definition) is 1. The second-order valence-corrected chi connectivity index (χ2v) is 8.11. The quantitative estimate of drug-likeness (QED) is 0.260. The molecule has 36 heavy (non-hydrogen) atoms. The number of benzene rings is 2. The monoisotopic (exact) mass is 493 g/mol. The van der Waals surface area contributed by atoms with Crippen LogP contribution in [0.25, 0.3) is 0 Å². The number of hydrogen-bond acceptors (Lipinski definition) is 7. The Bertz CT molecular complexity index is 1170. The Labute approximate surface area is 210 Å². The first-order valence-corrected chi connectivity index (χ1v) is 12.0. The van der Waals surface area contributed by atoms with Gasteiger partial charge in [0.25, 0.3) is 5.91 Å². The van der Waals surface area contributed by atoms with E-state index in [-0.39, 0.29) is 23.0 Å². The van der Waals surface area contributed by atoms with Crippen molar-refractivity contribution in [2.45, 2.75) is 39.7 Å². The predicted molar refractivity (Wildman–Crippen MR) is 133 cm³/mol. The van der Waals surface area contributed by atoms with Crippen molar-refractivity contribution in [3.05, 3.63) is 83.3 Å². The van der Waals surface area contributed by atoms with Gasteiger partial charge in [-0.15, -0.1) is 0 Å². The van der Waals surface area contributed by atoms with Crippen LogP contribution in [0.15, 0.2) is 65.3 Å². The van der Waals surface area contributed by atoms with Crippen LogP contribution in [0, 0.1) is 0 Å². The molecule has 190 valence electrons. The number of nitrogens with one attached hydrogen (secondary N) is 1. The van der Waals surface area contributed by atoms with E-state index in [9.17, 15) is 14.4 Å². The molecular formula is C28H31NO7. The number of carbonyl (C=O) groups is 3. The van der Waals surface area contributed by atoms with Crippen molar-refractivity contribution in [1.29, 1.82) is 0 Å². The highest BCUT2D eigenvalue weighted by Crippen LogP contribution is 2.30. The topological polar surface area (TPSA) is 104 Å². The van der Waals surface area contributed by atoms with Gasteiger partial charge in [0.1, 0.15) is 5.76 Å². The maximum Gasteiger partial charge on any atom is 0.339 e. The van der Waals surface area contributed by atoms with Crippen molar-refractivity contribution in [1.82, 2.24) is 5.32 Å². The number of ketones is 1. The second-order valence-electron chi connectivity index (χ2n) is 8.11. The summed E-state index contributed by atoms with van der Waals surface area (Å²) in [5.74, 6) is -0.0229. The van der Waals surface area contributed by atoms with Gasteiger partial charge < -0.3 is 23.9 Å². The minimum Gasteiger partial charge on any atom is -0.490 e. The molecule has 1 N–H and O–H groups in total. The van der Waals surface area contributed by atoms with E-state index in [2.05, 4.69) is 5.32 Å². The highest BCUT2D eigenvalue weighted by atomic mass is 16.5. The zero-order valence-electron chi connectivity index (χ0n) is 20.7. The molecule has 3 rings (SSSR count). The molecule has 1 atom stereocenters. The molecule has 0 fully saturated rings. The first-order chi connectivity index (χ1) is 17.4. The van der Waals surface area contributed by atoms with E-state index >= 15 is 0 Å². The molecule has 2 aromatic carbocycles. The maximum absolute atomic E-state index is 13.3. The molecule has 0 radical (unpaired) electrons. The molecule has 8 heteroatoms. The number of carbonyl (C=O) groups excluding carboxylic acids is 3. The third kappa shape index (κ3) is 6.97. The fraction of sp³-hybridized carbons (Fsp3) is 0.321. The van der Waals surface area contributed by atoms with Crippen molar-refractivity contribution in [3.63, 3.8) is 0 Å². The third-order valence-electron chi connectivity index (χ3n) is 5.20. The molecule has 0 bridgehead atoms. The summed E-state index contributed by atoms with van der Waals surface area (Å²) in [6.07, 6.45) is 3.15. The Morgan fingerprint density at radius 2 is 1.58 bits per heavy atom. The molecule has 1 heterocycles. The van der Waals surface area contributed by atoms with Gasteiger partial charge in [-0.05, 0) is 56.2 Å². The van der Waals surface area contributed by atoms with Crippen LogP contribution in [0.1, 0.15) is 71.7 Å². The minimum atomic E-state index is -0.773. The fourth-order valence-electron chi connectivity index (χ4n) is 3.42. The Hall–Kier alpha value is -4.07. The van der Waals surface area contributed by atoms with Crippen LogP contribution in [0.2, 0.25) is 0 Å². The van der Waals surface area contributed by atoms with Gasteiger partial charge in [-0.1, -0.05) is 32.0 Å². The highest BCUT2D eigenvalue weighted by Gasteiger charge is 2.22. The molecular weight excluding hydrogens is 462 g/mol. The van der Waals surface area contributed by atoms with E-state index in [4.69, 9.17) is 18.6 Å². The van der Waals surface area contributed by atoms with Gasteiger partial charge in [-0.25, -0.2) is 4.79 Å². The molecule has 0 spiro atoms. The lowest BCUT2D eigenvalue weighted by Crippen LogP contribution is -2.31. The highest BCUT2D eigenvalue weighted by molar-refractivity contribution is 6.14. The molecule has 3 aromatic rings. The van der Waals surface area contributed by atoms with Crippen molar-refractivity contribution in [3.8, 4) is 11.5 Å². The van der Waals surface area contributed by atoms with Crippen LogP contribution in [0.5, 0.6) is 11.5 Å². The number of furan rings is 1. The molecule has 1 amide bonds. The summed E-state index contributed by atoms with van der Waals surface area (Å²) < 4.78 is 22.0. The van der Waals surface area contributed by atoms with Crippen LogP contribution in [0.3, 0.4) is 0 Å². The van der Waals surface area contributed by atoms with Crippen molar-refractivity contribution >= 4 is 17.7 Å². The van der Waals surface area contributed by atoms with E-state index in [0.29, 0.717) is 36.0 Å². The average Bonchev–Trinajstić information content (AvgIpc) is 3.44. The Morgan fingerprint density at radius 3 is 2.25 bits per heavy atom. The minimum absolute atomic E-state index is 0.0664. The third-order valence-corrected chi connectivity index (χ3v) is 5.20. The molecule has 1 unspecified atom stereocenters. The standard InChI is InChI=1S/C28H31NO7/c1-4-14-33-24-13-12-20(17-25(24)34-15-5-2)27(31)21-9-6-7-10-22(21)28(32)36-18-26(30)29-19(3)23-11-8-16-35-23/h6-13,16-17,19H,4-5,14-15,18H2,1-3H3,(H,29,30). The normalized spacial score (nSPS) is 11.4. The first kappa shape index (κ1) is 26.5. The number of ether oxygens (including phenoxy) is 3. The molecule has 0 saturated carbocycles. The molecule has 0 aliphatic heterocycles. The number of amides is 1. The van der Waals surface area contributed by atoms with Crippen LogP contribution < -0.4 is 14.8 Å². The summed E-state index contributed by atoms with van der Waals surface area (Å²) in [6.45, 7) is 6.25. The van der Waals surface area contributed by atoms with E-state index in [1.807, 2.05) is 13.8 Å². The van der Waals surface area contributed by atoms with Crippen LogP contribution in [-0.4, -0.2) is 37.5 Å². The smallest absolute Gasteiger partial charge is 0.339 e. The molecule has 8 nitrogen and oxygen atoms in total. The summed E-state index contributed by atoms with van der Waals surface area (Å²) in [7, 11) is 0. The van der Waals surface area contributed by atoms with E-state index < -0.39 is 18.5 Å². The summed E-state index contributed by atoms with van der Waals surface area (Å²) in [5.41, 5.74) is 0.572. The molecule has 1 aromatic heterocycles. The maximum atomic E-state index is 13.3.